The molecule has 1 heterocycles. The Morgan fingerprint density at radius 2 is 0.864 bits per heavy atom. The molecule has 0 bridgehead atoms. The van der Waals surface area contributed by atoms with Crippen LogP contribution < -0.4 is 0 Å². The van der Waals surface area contributed by atoms with Crippen molar-refractivity contribution < 1.29 is 0 Å². The topological polar surface area (TPSA) is 4.93 Å². The van der Waals surface area contributed by atoms with Crippen molar-refractivity contribution in [2.75, 3.05) is 0 Å². The first-order chi connectivity index (χ1) is 21.7. The third-order valence-electron chi connectivity index (χ3n) is 8.48. The van der Waals surface area contributed by atoms with Crippen molar-refractivity contribution >= 4 is 37.7 Å². The Kier molecular flexibility index (Phi) is 6.70. The van der Waals surface area contributed by atoms with Crippen molar-refractivity contribution in [2.45, 2.75) is 0 Å². The molecule has 8 rings (SSSR count). The Bertz CT molecular complexity index is 2260. The second-order valence-corrected chi connectivity index (χ2v) is 12.1. The van der Waals surface area contributed by atoms with Crippen LogP contribution in [0.3, 0.4) is 0 Å². The number of benzene rings is 7. The Hall–Kier alpha value is -5.18. The average Bonchev–Trinajstić information content (AvgIpc) is 3.42. The van der Waals surface area contributed by atoms with E-state index in [0.717, 1.165) is 4.47 Å². The zero-order valence-electron chi connectivity index (χ0n) is 24.0. The first-order valence-corrected chi connectivity index (χ1v) is 15.7. The summed E-state index contributed by atoms with van der Waals surface area (Å²) in [6, 6.07) is 61.2. The number of hydrogen-bond acceptors (Lipinski definition) is 0. The lowest BCUT2D eigenvalue weighted by molar-refractivity contribution is 1.18. The van der Waals surface area contributed by atoms with E-state index >= 15 is 0 Å². The van der Waals surface area contributed by atoms with Gasteiger partial charge in [-0.2, -0.15) is 0 Å². The van der Waals surface area contributed by atoms with E-state index < -0.39 is 0 Å². The lowest BCUT2D eigenvalue weighted by atomic mass is 9.97. The highest BCUT2D eigenvalue weighted by Crippen LogP contribution is 2.39. The summed E-state index contributed by atoms with van der Waals surface area (Å²) in [7, 11) is 0. The molecule has 0 saturated heterocycles. The van der Waals surface area contributed by atoms with Gasteiger partial charge in [-0.1, -0.05) is 155 Å². The minimum atomic E-state index is 1.09. The average molecular weight is 627 g/mol. The largest absolute Gasteiger partial charge is 0.309 e. The highest BCUT2D eigenvalue weighted by molar-refractivity contribution is 9.10. The second kappa shape index (κ2) is 11.1. The van der Waals surface area contributed by atoms with Crippen LogP contribution in [0, 0.1) is 0 Å². The van der Waals surface area contributed by atoms with Gasteiger partial charge in [-0.25, -0.2) is 0 Å². The predicted octanol–water partition coefficient (Wildman–Crippen LogP) is 12.2. The van der Waals surface area contributed by atoms with E-state index in [9.17, 15) is 0 Å². The standard InChI is InChI=1S/C42H28BrN/c43-36-15-9-14-33(26-36)30-18-20-31(21-19-30)35-23-25-39-38-16-7-8-17-40(38)44(42(39)28-35)41-27-34(29-10-3-1-4-11-29)22-24-37(41)32-12-5-2-6-13-32/h1-28H. The van der Waals surface area contributed by atoms with Gasteiger partial charge in [0.25, 0.3) is 0 Å². The minimum Gasteiger partial charge on any atom is -0.309 e. The van der Waals surface area contributed by atoms with Gasteiger partial charge in [0.1, 0.15) is 0 Å². The molecule has 7 aromatic carbocycles. The van der Waals surface area contributed by atoms with E-state index in [4.69, 9.17) is 0 Å². The number of fused-ring (bicyclic) bond motifs is 3. The highest BCUT2D eigenvalue weighted by atomic mass is 79.9. The van der Waals surface area contributed by atoms with Crippen molar-refractivity contribution in [3.8, 4) is 50.2 Å². The molecule has 0 amide bonds. The van der Waals surface area contributed by atoms with Gasteiger partial charge >= 0.3 is 0 Å². The molecule has 0 fully saturated rings. The second-order valence-electron chi connectivity index (χ2n) is 11.1. The van der Waals surface area contributed by atoms with Gasteiger partial charge in [0.2, 0.25) is 0 Å². The van der Waals surface area contributed by atoms with Gasteiger partial charge in [0.15, 0.2) is 0 Å². The molecule has 0 radical (unpaired) electrons. The highest BCUT2D eigenvalue weighted by Gasteiger charge is 2.17. The maximum atomic E-state index is 3.61. The fraction of sp³-hybridized carbons (Fsp3) is 0. The Morgan fingerprint density at radius 1 is 0.341 bits per heavy atom. The summed E-state index contributed by atoms with van der Waals surface area (Å²) < 4.78 is 3.54. The van der Waals surface area contributed by atoms with Crippen LogP contribution in [0.15, 0.2) is 174 Å². The van der Waals surface area contributed by atoms with Gasteiger partial charge in [-0.05, 0) is 69.3 Å². The maximum absolute atomic E-state index is 3.61. The summed E-state index contributed by atoms with van der Waals surface area (Å²) in [5.41, 5.74) is 13.2. The number of rotatable bonds is 5. The summed E-state index contributed by atoms with van der Waals surface area (Å²) in [5, 5.41) is 2.50. The van der Waals surface area contributed by atoms with Crippen LogP contribution >= 0.6 is 15.9 Å². The summed E-state index contributed by atoms with van der Waals surface area (Å²) in [4.78, 5) is 0. The molecule has 8 aromatic rings. The first kappa shape index (κ1) is 26.4. The Morgan fingerprint density at radius 3 is 1.59 bits per heavy atom. The van der Waals surface area contributed by atoms with E-state index in [1.807, 2.05) is 0 Å². The van der Waals surface area contributed by atoms with E-state index in [1.54, 1.807) is 0 Å². The van der Waals surface area contributed by atoms with Crippen molar-refractivity contribution in [2.24, 2.45) is 0 Å². The van der Waals surface area contributed by atoms with Crippen LogP contribution in [-0.4, -0.2) is 4.57 Å². The zero-order chi connectivity index (χ0) is 29.5. The molecule has 0 saturated carbocycles. The molecule has 2 heteroatoms. The van der Waals surface area contributed by atoms with Crippen molar-refractivity contribution in [3.05, 3.63) is 174 Å². The molecule has 1 aromatic heterocycles. The number of aromatic nitrogens is 1. The van der Waals surface area contributed by atoms with Crippen LogP contribution in [0.25, 0.3) is 72.0 Å². The molecule has 0 spiro atoms. The van der Waals surface area contributed by atoms with Crippen molar-refractivity contribution in [1.29, 1.82) is 0 Å². The fourth-order valence-corrected chi connectivity index (χ4v) is 6.72. The van der Waals surface area contributed by atoms with Crippen LogP contribution in [0.5, 0.6) is 0 Å². The summed E-state index contributed by atoms with van der Waals surface area (Å²) in [6.07, 6.45) is 0. The molecule has 1 nitrogen and oxygen atoms in total. The summed E-state index contributed by atoms with van der Waals surface area (Å²) in [5.74, 6) is 0. The summed E-state index contributed by atoms with van der Waals surface area (Å²) in [6.45, 7) is 0. The Labute approximate surface area is 265 Å². The van der Waals surface area contributed by atoms with Crippen LogP contribution in [0.1, 0.15) is 0 Å². The monoisotopic (exact) mass is 625 g/mol. The maximum Gasteiger partial charge on any atom is 0.0547 e. The van der Waals surface area contributed by atoms with Crippen LogP contribution in [0.2, 0.25) is 0 Å². The quantitative estimate of drug-likeness (QED) is 0.179. The number of para-hydroxylation sites is 1. The zero-order valence-corrected chi connectivity index (χ0v) is 25.6. The number of nitrogens with zero attached hydrogens (tertiary/aromatic N) is 1. The van der Waals surface area contributed by atoms with Crippen molar-refractivity contribution in [3.63, 3.8) is 0 Å². The smallest absolute Gasteiger partial charge is 0.0547 e. The molecule has 0 unspecified atom stereocenters. The van der Waals surface area contributed by atoms with Gasteiger partial charge in [-0.15, -0.1) is 0 Å². The van der Waals surface area contributed by atoms with Gasteiger partial charge in [0.05, 0.1) is 16.7 Å². The molecular formula is C42H28BrN. The van der Waals surface area contributed by atoms with Crippen molar-refractivity contribution in [1.82, 2.24) is 4.57 Å². The molecule has 0 aliphatic rings. The molecule has 0 aliphatic heterocycles. The Balaban J connectivity index is 1.35. The molecular weight excluding hydrogens is 598 g/mol. The lowest BCUT2D eigenvalue weighted by Gasteiger charge is -2.16. The van der Waals surface area contributed by atoms with E-state index in [0.29, 0.717) is 0 Å². The van der Waals surface area contributed by atoms with Crippen LogP contribution in [0.4, 0.5) is 0 Å². The first-order valence-electron chi connectivity index (χ1n) is 14.9. The molecule has 0 N–H and O–H groups in total. The number of halogens is 1. The molecule has 0 aliphatic carbocycles. The van der Waals surface area contributed by atoms with E-state index in [-0.39, 0.29) is 0 Å². The van der Waals surface area contributed by atoms with Crippen LogP contribution in [-0.2, 0) is 0 Å². The fourth-order valence-electron chi connectivity index (χ4n) is 6.32. The third kappa shape index (κ3) is 4.74. The normalized spacial score (nSPS) is 11.3. The van der Waals surface area contributed by atoms with E-state index in [1.165, 1.54) is 72.0 Å². The number of hydrogen-bond donors (Lipinski definition) is 0. The molecule has 0 atom stereocenters. The predicted molar refractivity (Wildman–Crippen MR) is 190 cm³/mol. The van der Waals surface area contributed by atoms with E-state index in [2.05, 4.69) is 190 Å². The third-order valence-corrected chi connectivity index (χ3v) is 8.97. The summed E-state index contributed by atoms with van der Waals surface area (Å²) >= 11 is 3.61. The van der Waals surface area contributed by atoms with Gasteiger partial charge < -0.3 is 4.57 Å². The molecule has 44 heavy (non-hydrogen) atoms. The SMILES string of the molecule is Brc1cccc(-c2ccc(-c3ccc4c5ccccc5n(-c5cc(-c6ccccc6)ccc5-c5ccccc5)c4c3)cc2)c1. The molecule has 208 valence electrons. The minimum absolute atomic E-state index is 1.09. The van der Waals surface area contributed by atoms with Gasteiger partial charge in [0, 0.05) is 20.8 Å². The lowest BCUT2D eigenvalue weighted by Crippen LogP contribution is -1.98. The van der Waals surface area contributed by atoms with Gasteiger partial charge in [-0.3, -0.25) is 0 Å².